The van der Waals surface area contributed by atoms with E-state index < -0.39 is 0 Å². The Labute approximate surface area is 187 Å². The minimum atomic E-state index is -0.144. The first-order chi connectivity index (χ1) is 15.5. The Kier molecular flexibility index (Phi) is 6.31. The van der Waals surface area contributed by atoms with E-state index in [1.165, 1.54) is 0 Å². The zero-order valence-electron chi connectivity index (χ0n) is 18.4. The Morgan fingerprint density at radius 1 is 1.00 bits per heavy atom. The number of nitrogens with zero attached hydrogens (tertiary/aromatic N) is 3. The van der Waals surface area contributed by atoms with Gasteiger partial charge in [0, 0.05) is 35.6 Å². The Bertz CT molecular complexity index is 1180. The van der Waals surface area contributed by atoms with Gasteiger partial charge < -0.3 is 9.47 Å². The molecular formula is C26H25N3O3. The SMILES string of the molecule is COc1ccc(-c2nc(C(=O)C(C)C)cn2-c2ccc(OCc3ccccc3)cc2)cn1. The molecule has 0 radical (unpaired) electrons. The predicted octanol–water partition coefficient (Wildman–Crippen LogP) is 5.36. The van der Waals surface area contributed by atoms with E-state index in [2.05, 4.69) is 9.97 Å². The van der Waals surface area contributed by atoms with Crippen molar-refractivity contribution in [1.82, 2.24) is 14.5 Å². The van der Waals surface area contributed by atoms with Crippen molar-refractivity contribution in [2.75, 3.05) is 7.11 Å². The molecule has 0 fully saturated rings. The molecule has 2 aromatic heterocycles. The van der Waals surface area contributed by atoms with Crippen molar-refractivity contribution in [2.45, 2.75) is 20.5 Å². The summed E-state index contributed by atoms with van der Waals surface area (Å²) in [6.07, 6.45) is 3.47. The predicted molar refractivity (Wildman–Crippen MR) is 123 cm³/mol. The molecule has 0 N–H and O–H groups in total. The second-order valence-corrected chi connectivity index (χ2v) is 7.70. The largest absolute Gasteiger partial charge is 0.489 e. The van der Waals surface area contributed by atoms with Crippen LogP contribution in [0.2, 0.25) is 0 Å². The zero-order valence-corrected chi connectivity index (χ0v) is 18.4. The molecule has 6 heteroatoms. The van der Waals surface area contributed by atoms with Gasteiger partial charge in [-0.3, -0.25) is 9.36 Å². The Balaban J connectivity index is 1.64. The number of rotatable bonds is 8. The lowest BCUT2D eigenvalue weighted by atomic mass is 10.1. The van der Waals surface area contributed by atoms with Gasteiger partial charge in [-0.1, -0.05) is 44.2 Å². The molecule has 0 spiro atoms. The Morgan fingerprint density at radius 2 is 1.75 bits per heavy atom. The number of hydrogen-bond donors (Lipinski definition) is 0. The highest BCUT2D eigenvalue weighted by Crippen LogP contribution is 2.26. The number of Topliss-reactive ketones (excluding diaryl/α,β-unsaturated/α-hetero) is 1. The summed E-state index contributed by atoms with van der Waals surface area (Å²) in [5.74, 6) is 1.78. The van der Waals surface area contributed by atoms with Gasteiger partial charge in [-0.25, -0.2) is 9.97 Å². The summed E-state index contributed by atoms with van der Waals surface area (Å²) in [5.41, 5.74) is 3.20. The van der Waals surface area contributed by atoms with Crippen LogP contribution in [0.1, 0.15) is 29.9 Å². The maximum Gasteiger partial charge on any atom is 0.212 e. The summed E-state index contributed by atoms with van der Waals surface area (Å²) in [6, 6.07) is 21.4. The summed E-state index contributed by atoms with van der Waals surface area (Å²) in [5, 5.41) is 0. The fourth-order valence-electron chi connectivity index (χ4n) is 3.27. The van der Waals surface area contributed by atoms with Crippen molar-refractivity contribution in [1.29, 1.82) is 0 Å². The summed E-state index contributed by atoms with van der Waals surface area (Å²) in [6.45, 7) is 4.24. The van der Waals surface area contributed by atoms with E-state index in [-0.39, 0.29) is 11.7 Å². The first kappa shape index (κ1) is 21.3. The first-order valence-electron chi connectivity index (χ1n) is 10.5. The number of carbonyl (C=O) groups is 1. The lowest BCUT2D eigenvalue weighted by Crippen LogP contribution is -2.07. The molecular weight excluding hydrogens is 402 g/mol. The van der Waals surface area contributed by atoms with Crippen molar-refractivity contribution < 1.29 is 14.3 Å². The van der Waals surface area contributed by atoms with Gasteiger partial charge in [0.15, 0.2) is 5.78 Å². The van der Waals surface area contributed by atoms with Crippen LogP contribution in [0.4, 0.5) is 0 Å². The summed E-state index contributed by atoms with van der Waals surface area (Å²) < 4.78 is 13.0. The monoisotopic (exact) mass is 427 g/mol. The number of pyridine rings is 1. The molecule has 4 aromatic rings. The molecule has 0 aliphatic heterocycles. The fourth-order valence-corrected chi connectivity index (χ4v) is 3.27. The van der Waals surface area contributed by atoms with Gasteiger partial charge in [0.05, 0.1) is 7.11 Å². The number of ether oxygens (including phenoxy) is 2. The maximum atomic E-state index is 12.6. The molecule has 162 valence electrons. The van der Waals surface area contributed by atoms with E-state index in [0.29, 0.717) is 24.0 Å². The number of imidazole rings is 1. The molecule has 0 aliphatic rings. The molecule has 2 aromatic carbocycles. The van der Waals surface area contributed by atoms with E-state index in [0.717, 1.165) is 22.6 Å². The summed E-state index contributed by atoms with van der Waals surface area (Å²) >= 11 is 0. The second kappa shape index (κ2) is 9.47. The highest BCUT2D eigenvalue weighted by molar-refractivity contribution is 5.96. The van der Waals surface area contributed by atoms with Gasteiger partial charge in [0.25, 0.3) is 0 Å². The summed E-state index contributed by atoms with van der Waals surface area (Å²) in [7, 11) is 1.57. The highest BCUT2D eigenvalue weighted by Gasteiger charge is 2.19. The minimum Gasteiger partial charge on any atom is -0.489 e. The van der Waals surface area contributed by atoms with Crippen LogP contribution in [0.25, 0.3) is 17.1 Å². The molecule has 32 heavy (non-hydrogen) atoms. The number of aromatic nitrogens is 3. The minimum absolute atomic E-state index is 0.00529. The maximum absolute atomic E-state index is 12.6. The Morgan fingerprint density at radius 3 is 2.38 bits per heavy atom. The fraction of sp³-hybridized carbons (Fsp3) is 0.192. The molecule has 0 saturated heterocycles. The molecule has 2 heterocycles. The van der Waals surface area contributed by atoms with Gasteiger partial charge in [0.1, 0.15) is 23.9 Å². The van der Waals surface area contributed by atoms with Crippen molar-refractivity contribution in [2.24, 2.45) is 5.92 Å². The van der Waals surface area contributed by atoms with Crippen LogP contribution >= 0.6 is 0 Å². The van der Waals surface area contributed by atoms with Crippen molar-refractivity contribution in [3.05, 3.63) is 90.4 Å². The molecule has 6 nitrogen and oxygen atoms in total. The van der Waals surface area contributed by atoms with E-state index in [1.54, 1.807) is 25.6 Å². The van der Waals surface area contributed by atoms with Gasteiger partial charge in [0.2, 0.25) is 5.88 Å². The lowest BCUT2D eigenvalue weighted by Gasteiger charge is -2.10. The second-order valence-electron chi connectivity index (χ2n) is 7.70. The van der Waals surface area contributed by atoms with Crippen molar-refractivity contribution in [3.63, 3.8) is 0 Å². The molecule has 4 rings (SSSR count). The zero-order chi connectivity index (χ0) is 22.5. The number of hydrogen-bond acceptors (Lipinski definition) is 5. The molecule has 0 saturated carbocycles. The standard InChI is InChI=1S/C26H25N3O3/c1-18(2)25(30)23-16-29(26(28-23)20-9-14-24(31-3)27-15-20)21-10-12-22(13-11-21)32-17-19-7-5-4-6-8-19/h4-16,18H,17H2,1-3H3. The third-order valence-electron chi connectivity index (χ3n) is 5.05. The van der Waals surface area contributed by atoms with Crippen LogP contribution in [0, 0.1) is 5.92 Å². The van der Waals surface area contributed by atoms with Gasteiger partial charge in [-0.15, -0.1) is 0 Å². The third kappa shape index (κ3) is 4.70. The van der Waals surface area contributed by atoms with E-state index in [9.17, 15) is 4.79 Å². The van der Waals surface area contributed by atoms with Crippen LogP contribution < -0.4 is 9.47 Å². The number of methoxy groups -OCH3 is 1. The summed E-state index contributed by atoms with van der Waals surface area (Å²) in [4.78, 5) is 21.5. The van der Waals surface area contributed by atoms with Crippen molar-refractivity contribution >= 4 is 5.78 Å². The van der Waals surface area contributed by atoms with E-state index >= 15 is 0 Å². The van der Waals surface area contributed by atoms with Gasteiger partial charge in [-0.2, -0.15) is 0 Å². The van der Waals surface area contributed by atoms with Crippen molar-refractivity contribution in [3.8, 4) is 28.7 Å². The average Bonchev–Trinajstić information content (AvgIpc) is 3.28. The molecule has 0 atom stereocenters. The van der Waals surface area contributed by atoms with Crippen LogP contribution in [0.5, 0.6) is 11.6 Å². The topological polar surface area (TPSA) is 66.2 Å². The normalized spacial score (nSPS) is 10.9. The number of benzene rings is 2. The van der Waals surface area contributed by atoms with Crippen LogP contribution in [0.15, 0.2) is 79.1 Å². The van der Waals surface area contributed by atoms with E-state index in [4.69, 9.17) is 9.47 Å². The molecule has 0 unspecified atom stereocenters. The van der Waals surface area contributed by atoms with Crippen LogP contribution in [-0.2, 0) is 6.61 Å². The lowest BCUT2D eigenvalue weighted by molar-refractivity contribution is 0.0935. The number of carbonyl (C=O) groups excluding carboxylic acids is 1. The molecule has 0 bridgehead atoms. The average molecular weight is 428 g/mol. The smallest absolute Gasteiger partial charge is 0.212 e. The van der Waals surface area contributed by atoms with Crippen LogP contribution in [-0.4, -0.2) is 27.4 Å². The third-order valence-corrected chi connectivity index (χ3v) is 5.05. The van der Waals surface area contributed by atoms with Crippen LogP contribution in [0.3, 0.4) is 0 Å². The Hall–Kier alpha value is -3.93. The first-order valence-corrected chi connectivity index (χ1v) is 10.5. The van der Waals surface area contributed by atoms with Gasteiger partial charge in [-0.05, 0) is 35.9 Å². The van der Waals surface area contributed by atoms with Gasteiger partial charge >= 0.3 is 0 Å². The highest BCUT2D eigenvalue weighted by atomic mass is 16.5. The number of ketones is 1. The molecule has 0 aliphatic carbocycles. The molecule has 0 amide bonds. The van der Waals surface area contributed by atoms with E-state index in [1.807, 2.05) is 79.1 Å². The quantitative estimate of drug-likeness (QED) is 0.354.